The Kier molecular flexibility index (Phi) is 6.94. The highest BCUT2D eigenvalue weighted by molar-refractivity contribution is 5.94. The van der Waals surface area contributed by atoms with Crippen LogP contribution in [0, 0.1) is 17.7 Å². The molecule has 26 heavy (non-hydrogen) atoms. The van der Waals surface area contributed by atoms with Gasteiger partial charge in [0.25, 0.3) is 5.91 Å². The van der Waals surface area contributed by atoms with Crippen molar-refractivity contribution in [2.75, 3.05) is 26.2 Å². The summed E-state index contributed by atoms with van der Waals surface area (Å²) < 4.78 is 13.1. The van der Waals surface area contributed by atoms with Crippen molar-refractivity contribution in [3.05, 3.63) is 35.6 Å². The Morgan fingerprint density at radius 1 is 1.23 bits per heavy atom. The Labute approximate surface area is 151 Å². The van der Waals surface area contributed by atoms with Gasteiger partial charge in [0.05, 0.1) is 5.92 Å². The van der Waals surface area contributed by atoms with Crippen molar-refractivity contribution in [2.24, 2.45) is 11.8 Å². The predicted octanol–water partition coefficient (Wildman–Crippen LogP) is 1.70. The van der Waals surface area contributed by atoms with E-state index >= 15 is 0 Å². The van der Waals surface area contributed by atoms with Gasteiger partial charge in [-0.3, -0.25) is 9.59 Å². The van der Waals surface area contributed by atoms with Crippen LogP contribution >= 0.6 is 0 Å². The Bertz CT molecular complexity index is 668. The summed E-state index contributed by atoms with van der Waals surface area (Å²) in [6, 6.07) is 5.13. The molecular weight excluding hydrogens is 341 g/mol. The molecule has 8 heteroatoms. The first-order chi connectivity index (χ1) is 12.4. The number of rotatable bonds is 6. The number of carboxylic acid groups (broad SMARTS) is 1. The fraction of sp³-hybridized carbons (Fsp3) is 0.500. The van der Waals surface area contributed by atoms with Crippen LogP contribution in [0.2, 0.25) is 0 Å². The number of nitrogens with one attached hydrogen (secondary N) is 2. The lowest BCUT2D eigenvalue weighted by Gasteiger charge is -2.34. The lowest BCUT2D eigenvalue weighted by molar-refractivity contribution is -0.143. The van der Waals surface area contributed by atoms with Crippen LogP contribution in [0.3, 0.4) is 0 Å². The van der Waals surface area contributed by atoms with E-state index in [1.165, 1.54) is 23.1 Å². The number of amides is 3. The van der Waals surface area contributed by atoms with Gasteiger partial charge in [-0.15, -0.1) is 0 Å². The molecule has 1 aromatic carbocycles. The number of halogens is 1. The molecule has 7 nitrogen and oxygen atoms in total. The summed E-state index contributed by atoms with van der Waals surface area (Å²) in [7, 11) is 0. The molecule has 1 aliphatic rings. The standard InChI is InChI=1S/C18H24FN3O4/c1-12-8-14(17(24)25)11-22(10-12)18(26)21-7-3-6-20-16(23)13-4-2-5-15(19)9-13/h2,4-5,9,12,14H,3,6-8,10-11H2,1H3,(H,20,23)(H,21,26)(H,24,25). The Morgan fingerprint density at radius 3 is 2.65 bits per heavy atom. The number of hydrogen-bond donors (Lipinski definition) is 3. The van der Waals surface area contributed by atoms with Crippen LogP contribution < -0.4 is 10.6 Å². The zero-order valence-electron chi connectivity index (χ0n) is 14.7. The van der Waals surface area contributed by atoms with E-state index in [2.05, 4.69) is 10.6 Å². The number of carbonyl (C=O) groups is 3. The summed E-state index contributed by atoms with van der Waals surface area (Å²) in [5.74, 6) is -2.11. The Balaban J connectivity index is 1.68. The molecule has 2 atom stereocenters. The molecule has 0 radical (unpaired) electrons. The smallest absolute Gasteiger partial charge is 0.317 e. The summed E-state index contributed by atoms with van der Waals surface area (Å²) in [4.78, 5) is 36.7. The van der Waals surface area contributed by atoms with Crippen LogP contribution in [-0.2, 0) is 4.79 Å². The minimum absolute atomic E-state index is 0.140. The molecule has 1 fully saturated rings. The first kappa shape index (κ1) is 19.7. The monoisotopic (exact) mass is 365 g/mol. The van der Waals surface area contributed by atoms with Gasteiger partial charge in [-0.1, -0.05) is 13.0 Å². The quantitative estimate of drug-likeness (QED) is 0.668. The average Bonchev–Trinajstić information content (AvgIpc) is 2.60. The minimum atomic E-state index is -0.880. The van der Waals surface area contributed by atoms with Crippen molar-refractivity contribution < 1.29 is 23.9 Å². The minimum Gasteiger partial charge on any atom is -0.481 e. The maximum Gasteiger partial charge on any atom is 0.317 e. The molecule has 1 aliphatic heterocycles. The van der Waals surface area contributed by atoms with E-state index in [1.807, 2.05) is 6.92 Å². The van der Waals surface area contributed by atoms with Crippen molar-refractivity contribution in [1.82, 2.24) is 15.5 Å². The summed E-state index contributed by atoms with van der Waals surface area (Å²) in [6.45, 7) is 3.36. The van der Waals surface area contributed by atoms with Crippen molar-refractivity contribution in [3.63, 3.8) is 0 Å². The van der Waals surface area contributed by atoms with Crippen molar-refractivity contribution in [1.29, 1.82) is 0 Å². The van der Waals surface area contributed by atoms with Crippen LogP contribution in [0.25, 0.3) is 0 Å². The van der Waals surface area contributed by atoms with Gasteiger partial charge in [0, 0.05) is 31.7 Å². The lowest BCUT2D eigenvalue weighted by atomic mass is 9.91. The number of piperidine rings is 1. The third-order valence-corrected chi connectivity index (χ3v) is 4.30. The van der Waals surface area contributed by atoms with Gasteiger partial charge in [-0.2, -0.15) is 0 Å². The Morgan fingerprint density at radius 2 is 1.96 bits per heavy atom. The van der Waals surface area contributed by atoms with E-state index in [9.17, 15) is 18.8 Å². The van der Waals surface area contributed by atoms with E-state index in [4.69, 9.17) is 5.11 Å². The fourth-order valence-corrected chi connectivity index (χ4v) is 3.03. The van der Waals surface area contributed by atoms with Crippen LogP contribution in [-0.4, -0.2) is 54.1 Å². The molecule has 0 aliphatic carbocycles. The maximum absolute atomic E-state index is 13.1. The van der Waals surface area contributed by atoms with Gasteiger partial charge in [0.1, 0.15) is 5.82 Å². The summed E-state index contributed by atoms with van der Waals surface area (Å²) in [5.41, 5.74) is 0.246. The molecule has 0 spiro atoms. The molecule has 2 unspecified atom stereocenters. The number of carboxylic acids is 1. The maximum atomic E-state index is 13.1. The molecule has 1 aromatic rings. The van der Waals surface area contributed by atoms with E-state index in [0.29, 0.717) is 32.5 Å². The zero-order chi connectivity index (χ0) is 19.1. The van der Waals surface area contributed by atoms with Crippen LogP contribution in [0.1, 0.15) is 30.1 Å². The summed E-state index contributed by atoms with van der Waals surface area (Å²) in [5, 5.41) is 14.5. The zero-order valence-corrected chi connectivity index (χ0v) is 14.7. The molecule has 1 saturated heterocycles. The third kappa shape index (κ3) is 5.72. The van der Waals surface area contributed by atoms with Gasteiger partial charge >= 0.3 is 12.0 Å². The van der Waals surface area contributed by atoms with Gasteiger partial charge in [-0.05, 0) is 37.0 Å². The number of benzene rings is 1. The summed E-state index contributed by atoms with van der Waals surface area (Å²) >= 11 is 0. The normalized spacial score (nSPS) is 19.7. The van der Waals surface area contributed by atoms with Gasteiger partial charge < -0.3 is 20.6 Å². The van der Waals surface area contributed by atoms with E-state index < -0.39 is 17.7 Å². The Hall–Kier alpha value is -2.64. The number of hydrogen-bond acceptors (Lipinski definition) is 3. The van der Waals surface area contributed by atoms with Gasteiger partial charge in [0.15, 0.2) is 0 Å². The number of aliphatic carboxylic acids is 1. The fourth-order valence-electron chi connectivity index (χ4n) is 3.03. The van der Waals surface area contributed by atoms with Crippen molar-refractivity contribution in [2.45, 2.75) is 19.8 Å². The topological polar surface area (TPSA) is 98.7 Å². The number of carbonyl (C=O) groups excluding carboxylic acids is 2. The highest BCUT2D eigenvalue weighted by atomic mass is 19.1. The molecule has 0 saturated carbocycles. The molecule has 3 N–H and O–H groups in total. The van der Waals surface area contributed by atoms with Crippen molar-refractivity contribution >= 4 is 17.9 Å². The molecule has 0 bridgehead atoms. The second kappa shape index (κ2) is 9.17. The third-order valence-electron chi connectivity index (χ3n) is 4.30. The number of urea groups is 1. The molecular formula is C18H24FN3O4. The van der Waals surface area contributed by atoms with Gasteiger partial charge in [-0.25, -0.2) is 9.18 Å². The first-order valence-electron chi connectivity index (χ1n) is 8.66. The van der Waals surface area contributed by atoms with E-state index in [-0.39, 0.29) is 30.0 Å². The van der Waals surface area contributed by atoms with Crippen molar-refractivity contribution in [3.8, 4) is 0 Å². The van der Waals surface area contributed by atoms with E-state index in [0.717, 1.165) is 6.07 Å². The lowest BCUT2D eigenvalue weighted by Crippen LogP contribution is -2.49. The SMILES string of the molecule is CC1CC(C(=O)O)CN(C(=O)NCCCNC(=O)c2cccc(F)c2)C1. The first-order valence-corrected chi connectivity index (χ1v) is 8.66. The number of nitrogens with zero attached hydrogens (tertiary/aromatic N) is 1. The highest BCUT2D eigenvalue weighted by Crippen LogP contribution is 2.21. The van der Waals surface area contributed by atoms with Crippen LogP contribution in [0.5, 0.6) is 0 Å². The average molecular weight is 365 g/mol. The van der Waals surface area contributed by atoms with Crippen LogP contribution in [0.15, 0.2) is 24.3 Å². The molecule has 142 valence electrons. The summed E-state index contributed by atoms with van der Waals surface area (Å²) in [6.07, 6.45) is 1.09. The second-order valence-electron chi connectivity index (χ2n) is 6.63. The molecule has 1 heterocycles. The second-order valence-corrected chi connectivity index (χ2v) is 6.63. The molecule has 3 amide bonds. The number of likely N-dealkylation sites (tertiary alicyclic amines) is 1. The molecule has 0 aromatic heterocycles. The van der Waals surface area contributed by atoms with E-state index in [1.54, 1.807) is 0 Å². The van der Waals surface area contributed by atoms with Gasteiger partial charge in [0.2, 0.25) is 0 Å². The molecule has 2 rings (SSSR count). The largest absolute Gasteiger partial charge is 0.481 e. The predicted molar refractivity (Wildman–Crippen MR) is 93.2 cm³/mol. The van der Waals surface area contributed by atoms with Crippen LogP contribution in [0.4, 0.5) is 9.18 Å². The highest BCUT2D eigenvalue weighted by Gasteiger charge is 2.31.